The van der Waals surface area contributed by atoms with Crippen LogP contribution in [-0.4, -0.2) is 52.8 Å². The zero-order valence-electron chi connectivity index (χ0n) is 22.7. The molecule has 3 aromatic rings. The van der Waals surface area contributed by atoms with E-state index in [-0.39, 0.29) is 35.6 Å². The monoisotopic (exact) mass is 533 g/mol. The van der Waals surface area contributed by atoms with E-state index >= 15 is 0 Å². The standard InChI is InChI=1S/C30H36FN5O3/c1-3-21-22(31)10-9-19-15-20(37)16-24(25(19)21)36-17-23-26(28(36)38)27(35-13-6-4-5-7-14-35)34-29(33-23)39-18-30(2)11-8-12-32-30/h9-10,15-16,32,37H,3-8,11-14,17-18H2,1-2H3/t30-/m1/s1. The maximum Gasteiger partial charge on any atom is 0.318 e. The molecule has 1 atom stereocenters. The molecule has 1 amide bonds. The zero-order valence-corrected chi connectivity index (χ0v) is 22.7. The maximum absolute atomic E-state index is 14.9. The van der Waals surface area contributed by atoms with Crippen LogP contribution in [0.25, 0.3) is 10.8 Å². The number of anilines is 2. The van der Waals surface area contributed by atoms with E-state index in [0.717, 1.165) is 58.2 Å². The van der Waals surface area contributed by atoms with E-state index in [4.69, 9.17) is 14.7 Å². The van der Waals surface area contributed by atoms with Crippen LogP contribution in [0.5, 0.6) is 11.8 Å². The van der Waals surface area contributed by atoms with E-state index in [1.807, 2.05) is 6.92 Å². The van der Waals surface area contributed by atoms with Crippen LogP contribution in [0.15, 0.2) is 24.3 Å². The van der Waals surface area contributed by atoms with E-state index in [0.29, 0.717) is 52.1 Å². The number of ether oxygens (including phenoxy) is 1. The molecule has 0 bridgehead atoms. The minimum atomic E-state index is -0.323. The number of aryl methyl sites for hydroxylation is 1. The lowest BCUT2D eigenvalue weighted by Crippen LogP contribution is -2.42. The quantitative estimate of drug-likeness (QED) is 0.456. The Morgan fingerprint density at radius 3 is 2.64 bits per heavy atom. The molecular formula is C30H36FN5O3. The Hall–Kier alpha value is -3.46. The lowest BCUT2D eigenvalue weighted by atomic mass is 9.99. The first-order valence-electron chi connectivity index (χ1n) is 14.2. The second-order valence-electron chi connectivity index (χ2n) is 11.3. The van der Waals surface area contributed by atoms with Crippen molar-refractivity contribution in [3.63, 3.8) is 0 Å². The number of hydrogen-bond donors (Lipinski definition) is 2. The highest BCUT2D eigenvalue weighted by atomic mass is 19.1. The molecule has 39 heavy (non-hydrogen) atoms. The Bertz CT molecular complexity index is 1410. The first-order chi connectivity index (χ1) is 18.9. The van der Waals surface area contributed by atoms with Crippen LogP contribution in [0.1, 0.15) is 74.0 Å². The van der Waals surface area contributed by atoms with Crippen LogP contribution >= 0.6 is 0 Å². The molecule has 9 heteroatoms. The fraction of sp³-hybridized carbons (Fsp3) is 0.500. The van der Waals surface area contributed by atoms with E-state index < -0.39 is 0 Å². The van der Waals surface area contributed by atoms with Crippen molar-refractivity contribution in [2.45, 2.75) is 70.9 Å². The third-order valence-electron chi connectivity index (χ3n) is 8.37. The lowest BCUT2D eigenvalue weighted by Gasteiger charge is -2.26. The minimum absolute atomic E-state index is 0.0232. The molecule has 2 aromatic carbocycles. The van der Waals surface area contributed by atoms with Crippen LogP contribution in [0.4, 0.5) is 15.9 Å². The predicted octanol–water partition coefficient (Wildman–Crippen LogP) is 5.10. The van der Waals surface area contributed by atoms with E-state index in [2.05, 4.69) is 17.1 Å². The van der Waals surface area contributed by atoms with Crippen molar-refractivity contribution in [3.05, 3.63) is 46.9 Å². The second-order valence-corrected chi connectivity index (χ2v) is 11.3. The topological polar surface area (TPSA) is 90.8 Å². The summed E-state index contributed by atoms with van der Waals surface area (Å²) < 4.78 is 21.0. The molecule has 0 unspecified atom stereocenters. The molecule has 0 spiro atoms. The normalized spacial score (nSPS) is 21.5. The van der Waals surface area contributed by atoms with Crippen molar-refractivity contribution < 1.29 is 19.0 Å². The van der Waals surface area contributed by atoms with Crippen LogP contribution in [-0.2, 0) is 13.0 Å². The molecule has 4 heterocycles. The van der Waals surface area contributed by atoms with Gasteiger partial charge in [-0.15, -0.1) is 0 Å². The van der Waals surface area contributed by atoms with Crippen LogP contribution in [0, 0.1) is 5.82 Å². The van der Waals surface area contributed by atoms with E-state index in [9.17, 15) is 14.3 Å². The number of rotatable bonds is 6. The van der Waals surface area contributed by atoms with Crippen molar-refractivity contribution in [3.8, 4) is 11.8 Å². The van der Waals surface area contributed by atoms with Crippen LogP contribution in [0.3, 0.4) is 0 Å². The number of hydrogen-bond acceptors (Lipinski definition) is 7. The fourth-order valence-electron chi connectivity index (χ4n) is 6.27. The van der Waals surface area contributed by atoms with Gasteiger partial charge in [-0.25, -0.2) is 4.39 Å². The van der Waals surface area contributed by atoms with E-state index in [1.54, 1.807) is 23.1 Å². The Labute approximate surface area is 228 Å². The second kappa shape index (κ2) is 10.3. The number of phenols is 1. The summed E-state index contributed by atoms with van der Waals surface area (Å²) in [5.74, 6) is 0.0737. The summed E-state index contributed by atoms with van der Waals surface area (Å²) >= 11 is 0. The average molecular weight is 534 g/mol. The number of phenolic OH excluding ortho intramolecular Hbond substituents is 1. The van der Waals surface area contributed by atoms with Gasteiger partial charge in [-0.3, -0.25) is 4.79 Å². The number of amides is 1. The minimum Gasteiger partial charge on any atom is -0.508 e. The number of aromatic hydroxyl groups is 1. The molecule has 0 aliphatic carbocycles. The van der Waals surface area contributed by atoms with Gasteiger partial charge in [0.25, 0.3) is 5.91 Å². The Kier molecular flexibility index (Phi) is 6.79. The average Bonchev–Trinajstić information content (AvgIpc) is 3.38. The smallest absolute Gasteiger partial charge is 0.318 e. The van der Waals surface area contributed by atoms with Gasteiger partial charge in [-0.1, -0.05) is 25.8 Å². The predicted molar refractivity (Wildman–Crippen MR) is 149 cm³/mol. The van der Waals surface area contributed by atoms with Gasteiger partial charge in [0.15, 0.2) is 0 Å². The third kappa shape index (κ3) is 4.77. The third-order valence-corrected chi connectivity index (χ3v) is 8.37. The number of benzene rings is 2. The highest BCUT2D eigenvalue weighted by Gasteiger charge is 2.38. The van der Waals surface area contributed by atoms with Gasteiger partial charge in [-0.05, 0) is 68.7 Å². The van der Waals surface area contributed by atoms with Crippen LogP contribution in [0.2, 0.25) is 0 Å². The molecule has 3 aliphatic heterocycles. The lowest BCUT2D eigenvalue weighted by molar-refractivity contribution is 0.0997. The molecule has 6 rings (SSSR count). The van der Waals surface area contributed by atoms with Gasteiger partial charge in [0.05, 0.1) is 17.9 Å². The zero-order chi connectivity index (χ0) is 27.1. The van der Waals surface area contributed by atoms with Gasteiger partial charge in [-0.2, -0.15) is 9.97 Å². The maximum atomic E-state index is 14.9. The summed E-state index contributed by atoms with van der Waals surface area (Å²) in [6, 6.07) is 6.49. The molecule has 1 aromatic heterocycles. The number of carbonyl (C=O) groups is 1. The van der Waals surface area contributed by atoms with Crippen molar-refractivity contribution >= 4 is 28.2 Å². The summed E-state index contributed by atoms with van der Waals surface area (Å²) in [6.07, 6.45) is 6.95. The molecule has 2 saturated heterocycles. The van der Waals surface area contributed by atoms with Crippen molar-refractivity contribution in [1.82, 2.24) is 15.3 Å². The Balaban J connectivity index is 1.43. The summed E-state index contributed by atoms with van der Waals surface area (Å²) in [5, 5.41) is 15.4. The highest BCUT2D eigenvalue weighted by molar-refractivity contribution is 6.16. The summed E-state index contributed by atoms with van der Waals surface area (Å²) in [5.41, 5.74) is 1.94. The SMILES string of the molecule is CCc1c(F)ccc2cc(O)cc(N3Cc4nc(OC[C@@]5(C)CCCN5)nc(N5CCCCCC5)c4C3=O)c12. The number of carbonyl (C=O) groups excluding carboxylic acids is 1. The van der Waals surface area contributed by atoms with Crippen molar-refractivity contribution in [2.24, 2.45) is 0 Å². The Morgan fingerprint density at radius 1 is 1.13 bits per heavy atom. The summed E-state index contributed by atoms with van der Waals surface area (Å²) in [4.78, 5) is 27.4. The van der Waals surface area contributed by atoms with Gasteiger partial charge < -0.3 is 25.0 Å². The van der Waals surface area contributed by atoms with Crippen LogP contribution < -0.4 is 19.9 Å². The molecule has 2 N–H and O–H groups in total. The highest BCUT2D eigenvalue weighted by Crippen LogP contribution is 2.41. The number of halogens is 1. The molecule has 206 valence electrons. The number of aromatic nitrogens is 2. The fourth-order valence-corrected chi connectivity index (χ4v) is 6.27. The number of nitrogens with one attached hydrogen (secondary N) is 1. The first-order valence-corrected chi connectivity index (χ1v) is 14.2. The summed E-state index contributed by atoms with van der Waals surface area (Å²) in [6.45, 7) is 7.27. The molecule has 2 fully saturated rings. The van der Waals surface area contributed by atoms with Gasteiger partial charge >= 0.3 is 6.01 Å². The van der Waals surface area contributed by atoms with Gasteiger partial charge in [0, 0.05) is 30.1 Å². The number of fused-ring (bicyclic) bond motifs is 2. The molecular weight excluding hydrogens is 497 g/mol. The largest absolute Gasteiger partial charge is 0.508 e. The van der Waals surface area contributed by atoms with E-state index in [1.165, 1.54) is 6.07 Å². The van der Waals surface area contributed by atoms with Crippen molar-refractivity contribution in [2.75, 3.05) is 36.0 Å². The number of nitrogens with zero attached hydrogens (tertiary/aromatic N) is 4. The first kappa shape index (κ1) is 25.8. The molecule has 0 saturated carbocycles. The van der Waals surface area contributed by atoms with Gasteiger partial charge in [0.1, 0.15) is 29.6 Å². The van der Waals surface area contributed by atoms with Gasteiger partial charge in [0.2, 0.25) is 0 Å². The molecule has 8 nitrogen and oxygen atoms in total. The van der Waals surface area contributed by atoms with Crippen molar-refractivity contribution in [1.29, 1.82) is 0 Å². The molecule has 0 radical (unpaired) electrons. The molecule has 3 aliphatic rings. The Morgan fingerprint density at radius 2 is 1.92 bits per heavy atom. The summed E-state index contributed by atoms with van der Waals surface area (Å²) in [7, 11) is 0.